The summed E-state index contributed by atoms with van der Waals surface area (Å²) in [6, 6.07) is 25.1. The van der Waals surface area contributed by atoms with Crippen LogP contribution in [0.5, 0.6) is 74.7 Å². The van der Waals surface area contributed by atoms with E-state index in [9.17, 15) is 15.3 Å². The van der Waals surface area contributed by atoms with Crippen LogP contribution in [0.1, 0.15) is 154 Å². The highest BCUT2D eigenvalue weighted by atomic mass is 16.5. The van der Waals surface area contributed by atoms with Crippen LogP contribution in [0.2, 0.25) is 0 Å². The standard InChI is InChI=1S/C24H30O5.C23H28O5.C21H24O3/c1-5-10-27-16-6-7-17(20(25)12-16)15-11-19-21(26-4)13-22-18(23(19)28-14-15)8-9-24(2,3)29-22;1-5-26-15-6-7-16(19(24)11-15)14-10-18-20(25-4)12-21-17(22(18)27-13-14)8-9-23(2,3)28-21;1-13-4-6-16(18(22)10-13)15-11-14-5-7-19-17(20(14)23-12-15)8-9-21(2,3)24-19/h6-7,12-13,15,25H,5,8-11,14H2,1-4H3;6-7,11-12,14,24H,5,8-10,13H2,1-4H3;4-7,10,15,22H,8-9,11-12H2,1-3H3/t15-;14-;15-/m000/s1. The van der Waals surface area contributed by atoms with Crippen LogP contribution in [0.25, 0.3) is 0 Å². The van der Waals surface area contributed by atoms with Gasteiger partial charge in [0.05, 0.1) is 47.3 Å². The third kappa shape index (κ3) is 12.3. The van der Waals surface area contributed by atoms with Crippen molar-refractivity contribution in [3.8, 4) is 74.7 Å². The van der Waals surface area contributed by atoms with Crippen LogP contribution in [-0.4, -0.2) is 79.4 Å². The van der Waals surface area contributed by atoms with Gasteiger partial charge in [0.2, 0.25) is 0 Å². The van der Waals surface area contributed by atoms with Crippen LogP contribution in [0.3, 0.4) is 0 Å². The maximum Gasteiger partial charge on any atom is 0.133 e. The van der Waals surface area contributed by atoms with Gasteiger partial charge >= 0.3 is 0 Å². The molecule has 81 heavy (non-hydrogen) atoms. The number of phenolic OH excluding ortho intramolecular Hbond substituents is 3. The van der Waals surface area contributed by atoms with E-state index in [-0.39, 0.29) is 46.1 Å². The Bertz CT molecular complexity index is 3260. The van der Waals surface area contributed by atoms with Crippen molar-refractivity contribution in [3.63, 3.8) is 0 Å². The van der Waals surface area contributed by atoms with Crippen LogP contribution in [0.15, 0.2) is 78.9 Å². The minimum Gasteiger partial charge on any atom is -0.508 e. The Kier molecular flexibility index (Phi) is 16.4. The molecule has 6 aliphatic heterocycles. The maximum absolute atomic E-state index is 10.6. The zero-order valence-corrected chi connectivity index (χ0v) is 49.3. The molecule has 0 fully saturated rings. The molecule has 0 aromatic heterocycles. The minimum absolute atomic E-state index is 0.0515. The largest absolute Gasteiger partial charge is 0.508 e. The van der Waals surface area contributed by atoms with Crippen molar-refractivity contribution in [1.29, 1.82) is 0 Å². The monoisotopic (exact) mass is 1110 g/mol. The van der Waals surface area contributed by atoms with E-state index in [0.717, 1.165) is 155 Å². The number of benzene rings is 6. The predicted octanol–water partition coefficient (Wildman–Crippen LogP) is 14.2. The molecule has 0 bridgehead atoms. The minimum atomic E-state index is -0.184. The fraction of sp³-hybridized carbons (Fsp3) is 0.471. The van der Waals surface area contributed by atoms with Gasteiger partial charge in [0.25, 0.3) is 0 Å². The number of ether oxygens (including phenoxy) is 10. The normalized spacial score (nSPS) is 20.0. The van der Waals surface area contributed by atoms with Crippen LogP contribution in [-0.2, 0) is 38.5 Å². The lowest BCUT2D eigenvalue weighted by atomic mass is 9.85. The van der Waals surface area contributed by atoms with E-state index in [1.807, 2.05) is 68.4 Å². The lowest BCUT2D eigenvalue weighted by Crippen LogP contribution is -2.33. The molecule has 3 atom stereocenters. The molecule has 0 aliphatic carbocycles. The lowest BCUT2D eigenvalue weighted by molar-refractivity contribution is 0.0817. The molecule has 13 heteroatoms. The Morgan fingerprint density at radius 3 is 1.37 bits per heavy atom. The molecular formula is C68H82O13. The number of hydrogen-bond donors (Lipinski definition) is 3. The van der Waals surface area contributed by atoms with Crippen LogP contribution in [0.4, 0.5) is 0 Å². The summed E-state index contributed by atoms with van der Waals surface area (Å²) in [5, 5.41) is 31.4. The first-order valence-corrected chi connectivity index (χ1v) is 29.0. The summed E-state index contributed by atoms with van der Waals surface area (Å²) in [5.74, 6) is 9.55. The molecule has 0 saturated carbocycles. The zero-order chi connectivity index (χ0) is 57.4. The van der Waals surface area contributed by atoms with Crippen molar-refractivity contribution < 1.29 is 62.7 Å². The number of aromatic hydroxyl groups is 3. The first kappa shape index (κ1) is 57.0. The van der Waals surface area contributed by atoms with Crippen molar-refractivity contribution in [1.82, 2.24) is 0 Å². The molecule has 3 N–H and O–H groups in total. The number of hydrogen-bond acceptors (Lipinski definition) is 13. The highest BCUT2D eigenvalue weighted by Crippen LogP contribution is 2.52. The van der Waals surface area contributed by atoms with E-state index >= 15 is 0 Å². The van der Waals surface area contributed by atoms with Gasteiger partial charge in [0, 0.05) is 86.5 Å². The molecule has 6 heterocycles. The second-order valence-electron chi connectivity index (χ2n) is 24.3. The molecule has 432 valence electrons. The van der Waals surface area contributed by atoms with E-state index in [1.165, 1.54) is 11.1 Å². The quantitative estimate of drug-likeness (QED) is 0.119. The van der Waals surface area contributed by atoms with Gasteiger partial charge in [-0.1, -0.05) is 37.3 Å². The van der Waals surface area contributed by atoms with Crippen molar-refractivity contribution >= 4 is 0 Å². The SMILES string of the molecule is CCCOc1ccc([C@@H]2COc3c(c(OC)cc4c3CCC(C)(C)O4)C2)c(O)c1.CCOc1ccc([C@@H]2COc3c(c(OC)cc4c3CCC(C)(C)O4)C2)c(O)c1.Cc1ccc([C@@H]2COc3c(ccc4c3CCC(C)(C)O4)C2)c(O)c1. The van der Waals surface area contributed by atoms with Crippen molar-refractivity contribution in [2.45, 2.75) is 161 Å². The van der Waals surface area contributed by atoms with Crippen molar-refractivity contribution in [2.24, 2.45) is 0 Å². The number of methoxy groups -OCH3 is 2. The first-order valence-electron chi connectivity index (χ1n) is 29.0. The van der Waals surface area contributed by atoms with E-state index in [0.29, 0.717) is 50.3 Å². The number of phenols is 3. The topological polar surface area (TPSA) is 153 Å². The van der Waals surface area contributed by atoms with E-state index in [4.69, 9.17) is 47.4 Å². The summed E-state index contributed by atoms with van der Waals surface area (Å²) >= 11 is 0. The van der Waals surface area contributed by atoms with Gasteiger partial charge in [-0.05, 0) is 155 Å². The van der Waals surface area contributed by atoms with Crippen LogP contribution in [0, 0.1) is 6.92 Å². The predicted molar refractivity (Wildman–Crippen MR) is 313 cm³/mol. The summed E-state index contributed by atoms with van der Waals surface area (Å²) in [6.45, 7) is 21.5. The van der Waals surface area contributed by atoms with E-state index in [1.54, 1.807) is 26.4 Å². The molecule has 6 aliphatic rings. The van der Waals surface area contributed by atoms with Gasteiger partial charge in [-0.15, -0.1) is 0 Å². The molecule has 0 spiro atoms. The summed E-state index contributed by atoms with van der Waals surface area (Å²) in [4.78, 5) is 0. The number of fused-ring (bicyclic) bond motifs is 9. The van der Waals surface area contributed by atoms with Crippen LogP contribution >= 0.6 is 0 Å². The van der Waals surface area contributed by atoms with Gasteiger partial charge in [0.15, 0.2) is 0 Å². The molecule has 0 saturated heterocycles. The lowest BCUT2D eigenvalue weighted by Gasteiger charge is -2.36. The summed E-state index contributed by atoms with van der Waals surface area (Å²) in [6.07, 6.45) is 9.06. The number of aryl methyl sites for hydroxylation is 1. The average molecular weight is 1110 g/mol. The third-order valence-corrected chi connectivity index (χ3v) is 16.6. The van der Waals surface area contributed by atoms with Gasteiger partial charge < -0.3 is 62.7 Å². The Labute approximate surface area is 478 Å². The summed E-state index contributed by atoms with van der Waals surface area (Å²) < 4.78 is 59.6. The summed E-state index contributed by atoms with van der Waals surface area (Å²) in [5.41, 5.74) is 10.1. The van der Waals surface area contributed by atoms with Gasteiger partial charge in [-0.3, -0.25) is 0 Å². The Balaban J connectivity index is 0.000000137. The van der Waals surface area contributed by atoms with Gasteiger partial charge in [-0.2, -0.15) is 0 Å². The summed E-state index contributed by atoms with van der Waals surface area (Å²) in [7, 11) is 3.35. The van der Waals surface area contributed by atoms with Crippen molar-refractivity contribution in [2.75, 3.05) is 47.3 Å². The second-order valence-corrected chi connectivity index (χ2v) is 24.3. The molecule has 6 aromatic rings. The Morgan fingerprint density at radius 2 is 0.914 bits per heavy atom. The molecule has 6 aromatic carbocycles. The highest BCUT2D eigenvalue weighted by molar-refractivity contribution is 5.62. The van der Waals surface area contributed by atoms with E-state index < -0.39 is 0 Å². The van der Waals surface area contributed by atoms with Crippen molar-refractivity contribution in [3.05, 3.63) is 134 Å². The zero-order valence-electron chi connectivity index (χ0n) is 49.3. The average Bonchev–Trinajstić information content (AvgIpc) is 3.54. The van der Waals surface area contributed by atoms with Gasteiger partial charge in [0.1, 0.15) is 91.5 Å². The van der Waals surface area contributed by atoms with E-state index in [2.05, 4.69) is 60.6 Å². The third-order valence-electron chi connectivity index (χ3n) is 16.6. The molecule has 13 nitrogen and oxygen atoms in total. The molecule has 12 rings (SSSR count). The first-order chi connectivity index (χ1) is 38.8. The number of rotatable bonds is 10. The highest BCUT2D eigenvalue weighted by Gasteiger charge is 2.38. The fourth-order valence-electron chi connectivity index (χ4n) is 12.2. The van der Waals surface area contributed by atoms with Gasteiger partial charge in [-0.25, -0.2) is 0 Å². The maximum atomic E-state index is 10.6. The van der Waals surface area contributed by atoms with Crippen LogP contribution < -0.4 is 47.4 Å². The molecule has 0 radical (unpaired) electrons. The Hall–Kier alpha value is -7.28. The molecule has 0 amide bonds. The fourth-order valence-corrected chi connectivity index (χ4v) is 12.2. The molecular weight excluding hydrogens is 1020 g/mol. The molecule has 0 unspecified atom stereocenters. The smallest absolute Gasteiger partial charge is 0.133 e. The Morgan fingerprint density at radius 1 is 0.481 bits per heavy atom. The second kappa shape index (κ2) is 23.3.